The number of hydrogen-bond donors (Lipinski definition) is 2. The molecule has 3 heterocycles. The predicted molar refractivity (Wildman–Crippen MR) is 233 cm³/mol. The summed E-state index contributed by atoms with van der Waals surface area (Å²) in [6.07, 6.45) is 36.6. The van der Waals surface area contributed by atoms with Crippen molar-refractivity contribution in [2.75, 3.05) is 0 Å². The van der Waals surface area contributed by atoms with Crippen LogP contribution in [0.2, 0.25) is 0 Å². The van der Waals surface area contributed by atoms with Crippen LogP contribution in [0.25, 0.3) is 5.70 Å². The van der Waals surface area contributed by atoms with E-state index in [1.807, 2.05) is 0 Å². The van der Waals surface area contributed by atoms with Gasteiger partial charge in [0.1, 0.15) is 5.84 Å². The first-order valence-electron chi connectivity index (χ1n) is 21.7. The molecule has 5 heteroatoms. The predicted octanol–water partition coefficient (Wildman–Crippen LogP) is 9.64. The van der Waals surface area contributed by atoms with Crippen LogP contribution in [0.4, 0.5) is 0 Å². The van der Waals surface area contributed by atoms with Gasteiger partial charge in [-0.3, -0.25) is 5.32 Å². The fraction of sp³-hybridized carbons (Fsp3) is 0.264. The van der Waals surface area contributed by atoms with Gasteiger partial charge in [0.15, 0.2) is 6.17 Å². The zero-order valence-corrected chi connectivity index (χ0v) is 32.9. The molecule has 0 spiro atoms. The molecule has 9 aliphatic rings. The Labute approximate surface area is 342 Å². The molecule has 6 aliphatic carbocycles. The van der Waals surface area contributed by atoms with Crippen LogP contribution in [0.1, 0.15) is 73.1 Å². The third-order valence-corrected chi connectivity index (χ3v) is 14.2. The maximum Gasteiger partial charge on any atom is 0.209 e. The van der Waals surface area contributed by atoms with Crippen LogP contribution in [0.15, 0.2) is 202 Å². The van der Waals surface area contributed by atoms with E-state index in [1.165, 1.54) is 61.6 Å². The molecule has 0 fully saturated rings. The van der Waals surface area contributed by atoms with Gasteiger partial charge < -0.3 is 15.1 Å². The number of nitrogens with zero attached hydrogens (tertiary/aromatic N) is 3. The highest BCUT2D eigenvalue weighted by atomic mass is 15.3. The molecule has 3 aromatic carbocycles. The average molecular weight is 757 g/mol. The minimum atomic E-state index is -0.0481. The first-order valence-corrected chi connectivity index (χ1v) is 21.7. The summed E-state index contributed by atoms with van der Waals surface area (Å²) in [5.74, 6) is 2.24. The Morgan fingerprint density at radius 3 is 2.29 bits per heavy atom. The summed E-state index contributed by atoms with van der Waals surface area (Å²) in [7, 11) is 0. The minimum Gasteiger partial charge on any atom is -0.360 e. The molecule has 286 valence electrons. The van der Waals surface area contributed by atoms with Crippen molar-refractivity contribution >= 4 is 11.5 Å². The number of aliphatic imine (C=N–C) groups is 1. The summed E-state index contributed by atoms with van der Waals surface area (Å²) in [6, 6.07) is 31.7. The highest BCUT2D eigenvalue weighted by molar-refractivity contribution is 6.06. The molecule has 0 saturated heterocycles. The monoisotopic (exact) mass is 756 g/mol. The van der Waals surface area contributed by atoms with Crippen molar-refractivity contribution in [2.24, 2.45) is 22.7 Å². The van der Waals surface area contributed by atoms with E-state index in [4.69, 9.17) is 4.99 Å². The lowest BCUT2D eigenvalue weighted by molar-refractivity contribution is -0.739. The lowest BCUT2D eigenvalue weighted by Crippen LogP contribution is -2.90. The fourth-order valence-corrected chi connectivity index (χ4v) is 11.7. The Kier molecular flexibility index (Phi) is 8.18. The van der Waals surface area contributed by atoms with Crippen molar-refractivity contribution in [1.82, 2.24) is 15.1 Å². The van der Waals surface area contributed by atoms with Crippen molar-refractivity contribution in [3.8, 4) is 0 Å². The maximum atomic E-state index is 5.61. The van der Waals surface area contributed by atoms with E-state index >= 15 is 0 Å². The van der Waals surface area contributed by atoms with Crippen LogP contribution in [-0.4, -0.2) is 27.7 Å². The van der Waals surface area contributed by atoms with Crippen molar-refractivity contribution in [1.29, 1.82) is 0 Å². The number of rotatable bonds is 5. The standard InChI is InChI=1S/C53H49N5/c1-3-17-35(18-4-1)51-54-52(36-19-5-2-6-20-36)56-53(55-51)42-31-30-34-16-7-8-22-38(34)50(42)58-47-28-14-11-25-41(47)44-33-43-37(32-49(44)58)21-15-29-48(43)57-45-26-12-9-23-39(45)40-24-10-13-27-46(40)57/h1-12,15-26,29,32,39,43-45,48,51-52,54H,13-14,27-28,30-31,33H2,(H,55,56)/p+1. The smallest absolute Gasteiger partial charge is 0.209 e. The average Bonchev–Trinajstić information content (AvgIpc) is 3.80. The molecule has 7 atom stereocenters. The van der Waals surface area contributed by atoms with Crippen LogP contribution < -0.4 is 10.6 Å². The lowest BCUT2D eigenvalue weighted by atomic mass is 9.72. The van der Waals surface area contributed by atoms with Crippen molar-refractivity contribution in [2.45, 2.75) is 69.4 Å². The maximum absolute atomic E-state index is 5.61. The molecule has 5 nitrogen and oxygen atoms in total. The molecule has 58 heavy (non-hydrogen) atoms. The van der Waals surface area contributed by atoms with E-state index in [0.717, 1.165) is 50.8 Å². The number of aryl methyl sites for hydroxylation is 1. The number of allylic oxidation sites excluding steroid dienone is 12. The van der Waals surface area contributed by atoms with Crippen molar-refractivity contribution in [3.63, 3.8) is 0 Å². The van der Waals surface area contributed by atoms with Crippen LogP contribution in [0.3, 0.4) is 0 Å². The van der Waals surface area contributed by atoms with Gasteiger partial charge in [0.05, 0.1) is 17.8 Å². The van der Waals surface area contributed by atoms with Gasteiger partial charge in [-0.2, -0.15) is 0 Å². The Morgan fingerprint density at radius 2 is 1.43 bits per heavy atom. The van der Waals surface area contributed by atoms with Gasteiger partial charge >= 0.3 is 0 Å². The van der Waals surface area contributed by atoms with Gasteiger partial charge in [-0.15, -0.1) is 0 Å². The molecule has 3 N–H and O–H groups in total. The first-order chi connectivity index (χ1) is 28.8. The molecular formula is C53H50N5+. The normalized spacial score (nSPS) is 30.2. The number of quaternary nitrogens is 1. The minimum absolute atomic E-state index is 0.0456. The van der Waals surface area contributed by atoms with Gasteiger partial charge in [0.2, 0.25) is 6.17 Å². The zero-order chi connectivity index (χ0) is 38.2. The highest BCUT2D eigenvalue weighted by Gasteiger charge is 2.49. The summed E-state index contributed by atoms with van der Waals surface area (Å²) in [6.45, 7) is 0. The van der Waals surface area contributed by atoms with E-state index in [9.17, 15) is 0 Å². The van der Waals surface area contributed by atoms with E-state index in [0.29, 0.717) is 29.8 Å². The number of fused-ring (bicyclic) bond motifs is 6. The van der Waals surface area contributed by atoms with Crippen molar-refractivity contribution < 1.29 is 5.32 Å². The summed E-state index contributed by atoms with van der Waals surface area (Å²) in [5, 5.41) is 6.40. The Morgan fingerprint density at radius 1 is 0.690 bits per heavy atom. The van der Waals surface area contributed by atoms with E-state index in [1.54, 1.807) is 5.70 Å². The molecule has 3 aliphatic heterocycles. The summed E-state index contributed by atoms with van der Waals surface area (Å²) in [4.78, 5) is 11.2. The van der Waals surface area contributed by atoms with Gasteiger partial charge in [-0.25, -0.2) is 4.99 Å². The third kappa shape index (κ3) is 5.43. The second-order valence-corrected chi connectivity index (χ2v) is 17.3. The summed E-state index contributed by atoms with van der Waals surface area (Å²) in [5.41, 5.74) is 17.0. The molecule has 0 bridgehead atoms. The van der Waals surface area contributed by atoms with Gasteiger partial charge in [0, 0.05) is 57.1 Å². The molecule has 0 saturated carbocycles. The molecule has 12 rings (SSSR count). The van der Waals surface area contributed by atoms with Crippen LogP contribution >= 0.6 is 0 Å². The molecule has 3 aromatic rings. The van der Waals surface area contributed by atoms with E-state index < -0.39 is 0 Å². The summed E-state index contributed by atoms with van der Waals surface area (Å²) >= 11 is 0. The zero-order valence-electron chi connectivity index (χ0n) is 32.9. The number of hydrogen-bond acceptors (Lipinski definition) is 4. The number of nitrogens with one attached hydrogen (secondary N) is 1. The van der Waals surface area contributed by atoms with Crippen LogP contribution in [0, 0.1) is 17.8 Å². The molecule has 0 aromatic heterocycles. The largest absolute Gasteiger partial charge is 0.360 e. The van der Waals surface area contributed by atoms with Crippen LogP contribution in [0.5, 0.6) is 0 Å². The Bertz CT molecular complexity index is 2540. The van der Waals surface area contributed by atoms with Crippen LogP contribution in [-0.2, 0) is 6.42 Å². The molecular weight excluding hydrogens is 707 g/mol. The Balaban J connectivity index is 0.996. The molecule has 7 unspecified atom stereocenters. The highest BCUT2D eigenvalue weighted by Crippen LogP contribution is 2.56. The van der Waals surface area contributed by atoms with Gasteiger partial charge in [0.25, 0.3) is 0 Å². The second-order valence-electron chi connectivity index (χ2n) is 17.3. The quantitative estimate of drug-likeness (QED) is 0.273. The van der Waals surface area contributed by atoms with E-state index in [2.05, 4.69) is 178 Å². The second kappa shape index (κ2) is 13.9. The topological polar surface area (TPSA) is 47.5 Å². The number of nitrogens with two attached hydrogens (primary N) is 1. The first kappa shape index (κ1) is 34.2. The van der Waals surface area contributed by atoms with E-state index in [-0.39, 0.29) is 12.3 Å². The van der Waals surface area contributed by atoms with Crippen molar-refractivity contribution in [3.05, 3.63) is 219 Å². The number of amidine groups is 1. The lowest BCUT2D eigenvalue weighted by Gasteiger charge is -2.45. The summed E-state index contributed by atoms with van der Waals surface area (Å²) < 4.78 is 0. The van der Waals surface area contributed by atoms with Gasteiger partial charge in [-0.1, -0.05) is 152 Å². The Hall–Kier alpha value is -5.91. The molecule has 0 radical (unpaired) electrons. The third-order valence-electron chi connectivity index (χ3n) is 14.2. The fourth-order valence-electron chi connectivity index (χ4n) is 11.7. The SMILES string of the molecule is C1=CC2C3=C(CCC=C3)N(C3C=CC=C4C=C5C(CC43)C3=C(CCC=C3)N5C3=C(C4=NC(c5ccccc5)[NH2+]C(c5ccccc5)N4)CCc4ccccc43)C2C=C1. The molecule has 0 amide bonds. The van der Waals surface area contributed by atoms with Gasteiger partial charge in [-0.05, 0) is 73.3 Å². The number of benzene rings is 3.